The van der Waals surface area contributed by atoms with Gasteiger partial charge in [0, 0.05) is 17.8 Å². The number of aromatic nitrogens is 3. The summed E-state index contributed by atoms with van der Waals surface area (Å²) >= 11 is 7.65. The Morgan fingerprint density at radius 2 is 2.06 bits per heavy atom. The second kappa shape index (κ2) is 4.07. The Bertz CT molecular complexity index is 581. The molecule has 0 atom stereocenters. The highest BCUT2D eigenvalue weighted by atomic mass is 35.5. The third-order valence-corrected chi connectivity index (χ3v) is 5.15. The molecule has 0 bridgehead atoms. The molecule has 3 nitrogen and oxygen atoms in total. The van der Waals surface area contributed by atoms with E-state index in [2.05, 4.69) is 41.7 Å². The maximum absolute atomic E-state index is 6.04. The van der Waals surface area contributed by atoms with E-state index in [9.17, 15) is 0 Å². The lowest BCUT2D eigenvalue weighted by atomic mass is 9.90. The summed E-state index contributed by atoms with van der Waals surface area (Å²) in [6, 6.07) is 4.03. The molecule has 0 unspecified atom stereocenters. The molecule has 3 rings (SSSR count). The molecule has 1 aliphatic carbocycles. The van der Waals surface area contributed by atoms with Crippen molar-refractivity contribution in [2.75, 3.05) is 0 Å². The van der Waals surface area contributed by atoms with Gasteiger partial charge in [-0.25, -0.2) is 0 Å². The summed E-state index contributed by atoms with van der Waals surface area (Å²) in [6.07, 6.45) is 2.49. The predicted molar refractivity (Wildman–Crippen MR) is 74.4 cm³/mol. The lowest BCUT2D eigenvalue weighted by Crippen LogP contribution is -2.22. The van der Waals surface area contributed by atoms with Crippen LogP contribution in [-0.2, 0) is 12.5 Å². The van der Waals surface area contributed by atoms with Crippen LogP contribution in [0, 0.1) is 0 Å². The van der Waals surface area contributed by atoms with Crippen LogP contribution in [0.2, 0.25) is 4.34 Å². The normalized spacial score (nSPS) is 16.2. The van der Waals surface area contributed by atoms with Crippen molar-refractivity contribution in [2.45, 2.75) is 38.0 Å². The molecular formula is C13H16ClN3S. The third-order valence-electron chi connectivity index (χ3n) is 3.60. The van der Waals surface area contributed by atoms with Crippen LogP contribution in [-0.4, -0.2) is 14.8 Å². The molecule has 96 valence electrons. The number of halogens is 1. The van der Waals surface area contributed by atoms with Gasteiger partial charge in [0.2, 0.25) is 0 Å². The van der Waals surface area contributed by atoms with E-state index in [4.69, 9.17) is 11.6 Å². The standard InChI is InChI=1S/C13H16ClN3S/c1-13(2,9-6-7-10(14)18-9)12-16-15-11(17(12)3)8-4-5-8/h6-8H,4-5H2,1-3H3. The highest BCUT2D eigenvalue weighted by molar-refractivity contribution is 7.16. The summed E-state index contributed by atoms with van der Waals surface area (Å²) in [5, 5.41) is 8.77. The summed E-state index contributed by atoms with van der Waals surface area (Å²) in [5.41, 5.74) is -0.146. The van der Waals surface area contributed by atoms with Gasteiger partial charge in [0.05, 0.1) is 9.75 Å². The zero-order chi connectivity index (χ0) is 12.9. The number of nitrogens with zero attached hydrogens (tertiary/aromatic N) is 3. The molecule has 2 aromatic heterocycles. The van der Waals surface area contributed by atoms with Gasteiger partial charge in [-0.3, -0.25) is 0 Å². The quantitative estimate of drug-likeness (QED) is 0.858. The monoisotopic (exact) mass is 281 g/mol. The predicted octanol–water partition coefficient (Wildman–Crippen LogP) is 3.73. The van der Waals surface area contributed by atoms with E-state index in [1.165, 1.54) is 17.7 Å². The fraction of sp³-hybridized carbons (Fsp3) is 0.538. The average molecular weight is 282 g/mol. The topological polar surface area (TPSA) is 30.7 Å². The van der Waals surface area contributed by atoms with E-state index >= 15 is 0 Å². The van der Waals surface area contributed by atoms with E-state index in [1.807, 2.05) is 6.07 Å². The van der Waals surface area contributed by atoms with Crippen molar-refractivity contribution in [3.05, 3.63) is 33.0 Å². The second-order valence-corrected chi connectivity index (χ2v) is 7.16. The summed E-state index contributed by atoms with van der Waals surface area (Å²) in [6.45, 7) is 4.35. The molecule has 1 aliphatic rings. The Labute approximate surface area is 116 Å². The first kappa shape index (κ1) is 12.2. The van der Waals surface area contributed by atoms with Gasteiger partial charge in [0.1, 0.15) is 11.6 Å². The molecule has 0 aromatic carbocycles. The molecule has 5 heteroatoms. The van der Waals surface area contributed by atoms with Gasteiger partial charge >= 0.3 is 0 Å². The van der Waals surface area contributed by atoms with Crippen LogP contribution in [0.5, 0.6) is 0 Å². The Morgan fingerprint density at radius 3 is 2.61 bits per heavy atom. The molecule has 2 aromatic rings. The Balaban J connectivity index is 2.02. The van der Waals surface area contributed by atoms with E-state index < -0.39 is 0 Å². The van der Waals surface area contributed by atoms with Crippen molar-refractivity contribution in [3.8, 4) is 0 Å². The fourth-order valence-corrected chi connectivity index (χ4v) is 3.48. The zero-order valence-electron chi connectivity index (χ0n) is 10.8. The van der Waals surface area contributed by atoms with E-state index in [-0.39, 0.29) is 5.41 Å². The lowest BCUT2D eigenvalue weighted by Gasteiger charge is -2.22. The molecule has 0 radical (unpaired) electrons. The zero-order valence-corrected chi connectivity index (χ0v) is 12.3. The number of hydrogen-bond acceptors (Lipinski definition) is 3. The highest BCUT2D eigenvalue weighted by Gasteiger charge is 2.35. The fourth-order valence-electron chi connectivity index (χ4n) is 2.34. The van der Waals surface area contributed by atoms with Gasteiger partial charge in [-0.2, -0.15) is 0 Å². The van der Waals surface area contributed by atoms with Crippen LogP contribution >= 0.6 is 22.9 Å². The van der Waals surface area contributed by atoms with Crippen molar-refractivity contribution in [2.24, 2.45) is 7.05 Å². The number of hydrogen-bond donors (Lipinski definition) is 0. The second-order valence-electron chi connectivity index (χ2n) is 5.44. The van der Waals surface area contributed by atoms with Crippen LogP contribution in [0.15, 0.2) is 12.1 Å². The van der Waals surface area contributed by atoms with Gasteiger partial charge in [0.25, 0.3) is 0 Å². The van der Waals surface area contributed by atoms with Gasteiger partial charge in [-0.05, 0) is 38.8 Å². The first-order valence-electron chi connectivity index (χ1n) is 6.15. The first-order chi connectivity index (χ1) is 8.50. The van der Waals surface area contributed by atoms with Crippen LogP contribution in [0.25, 0.3) is 0 Å². The van der Waals surface area contributed by atoms with Crippen molar-refractivity contribution in [1.29, 1.82) is 0 Å². The van der Waals surface area contributed by atoms with Crippen molar-refractivity contribution < 1.29 is 0 Å². The van der Waals surface area contributed by atoms with Crippen molar-refractivity contribution in [3.63, 3.8) is 0 Å². The molecule has 1 fully saturated rings. The van der Waals surface area contributed by atoms with Crippen LogP contribution < -0.4 is 0 Å². The lowest BCUT2D eigenvalue weighted by molar-refractivity contribution is 0.565. The Hall–Kier alpha value is -0.870. The SMILES string of the molecule is Cn1c(C2CC2)nnc1C(C)(C)c1ccc(Cl)s1. The maximum atomic E-state index is 6.04. The minimum Gasteiger partial charge on any atom is -0.317 e. The van der Waals surface area contributed by atoms with E-state index in [1.54, 1.807) is 11.3 Å². The average Bonchev–Trinajstić information content (AvgIpc) is 2.93. The molecule has 1 saturated carbocycles. The van der Waals surface area contributed by atoms with E-state index in [0.29, 0.717) is 5.92 Å². The minimum absolute atomic E-state index is 0.146. The molecule has 18 heavy (non-hydrogen) atoms. The molecule has 0 N–H and O–H groups in total. The molecule has 0 amide bonds. The largest absolute Gasteiger partial charge is 0.317 e. The summed E-state index contributed by atoms with van der Waals surface area (Å²) in [7, 11) is 2.07. The highest BCUT2D eigenvalue weighted by Crippen LogP contribution is 2.41. The van der Waals surface area contributed by atoms with Crippen molar-refractivity contribution >= 4 is 22.9 Å². The van der Waals surface area contributed by atoms with Gasteiger partial charge in [-0.1, -0.05) is 11.6 Å². The number of rotatable bonds is 3. The van der Waals surface area contributed by atoms with Gasteiger partial charge in [0.15, 0.2) is 0 Å². The third kappa shape index (κ3) is 1.88. The summed E-state index contributed by atoms with van der Waals surface area (Å²) in [4.78, 5) is 1.23. The smallest absolute Gasteiger partial charge is 0.143 e. The molecule has 0 aliphatic heterocycles. The first-order valence-corrected chi connectivity index (χ1v) is 7.35. The molecule has 0 spiro atoms. The van der Waals surface area contributed by atoms with Gasteiger partial charge < -0.3 is 4.57 Å². The minimum atomic E-state index is -0.146. The Morgan fingerprint density at radius 1 is 1.33 bits per heavy atom. The number of thiophene rings is 1. The molecular weight excluding hydrogens is 266 g/mol. The van der Waals surface area contributed by atoms with Gasteiger partial charge in [-0.15, -0.1) is 21.5 Å². The summed E-state index contributed by atoms with van der Waals surface area (Å²) in [5.74, 6) is 2.77. The molecule has 0 saturated heterocycles. The Kier molecular flexibility index (Phi) is 2.75. The van der Waals surface area contributed by atoms with Crippen molar-refractivity contribution in [1.82, 2.24) is 14.8 Å². The van der Waals surface area contributed by atoms with E-state index in [0.717, 1.165) is 16.0 Å². The van der Waals surface area contributed by atoms with Crippen LogP contribution in [0.4, 0.5) is 0 Å². The maximum Gasteiger partial charge on any atom is 0.143 e. The summed E-state index contributed by atoms with van der Waals surface area (Å²) < 4.78 is 2.98. The van der Waals surface area contributed by atoms with Crippen LogP contribution in [0.3, 0.4) is 0 Å². The van der Waals surface area contributed by atoms with Crippen LogP contribution in [0.1, 0.15) is 49.1 Å². The molecule has 2 heterocycles.